The van der Waals surface area contributed by atoms with E-state index < -0.39 is 0 Å². The summed E-state index contributed by atoms with van der Waals surface area (Å²) in [5, 5.41) is 0. The van der Waals surface area contributed by atoms with Gasteiger partial charge in [-0.25, -0.2) is 9.37 Å². The maximum atomic E-state index is 12.9. The summed E-state index contributed by atoms with van der Waals surface area (Å²) in [5.74, 6) is 1.06. The van der Waals surface area contributed by atoms with Gasteiger partial charge in [-0.2, -0.15) is 0 Å². The molecule has 3 aromatic rings. The van der Waals surface area contributed by atoms with Gasteiger partial charge < -0.3 is 9.30 Å². The molecule has 0 amide bonds. The summed E-state index contributed by atoms with van der Waals surface area (Å²) in [6.07, 6.45) is 6.70. The van der Waals surface area contributed by atoms with E-state index in [1.54, 1.807) is 48.7 Å². The number of carbonyl (C=O) groups is 1. The summed E-state index contributed by atoms with van der Waals surface area (Å²) in [6, 6.07) is 12.9. The Balaban J connectivity index is 1.60. The zero-order chi connectivity index (χ0) is 17.6. The number of imidazole rings is 1. The summed E-state index contributed by atoms with van der Waals surface area (Å²) in [4.78, 5) is 16.4. The van der Waals surface area contributed by atoms with Crippen molar-refractivity contribution in [1.82, 2.24) is 9.55 Å². The molecule has 0 radical (unpaired) electrons. The minimum absolute atomic E-state index is 0.125. The second-order valence-electron chi connectivity index (χ2n) is 5.52. The second-order valence-corrected chi connectivity index (χ2v) is 5.52. The van der Waals surface area contributed by atoms with Crippen molar-refractivity contribution in [3.63, 3.8) is 0 Å². The number of hydrogen-bond donors (Lipinski definition) is 0. The van der Waals surface area contributed by atoms with E-state index in [0.717, 1.165) is 11.4 Å². The first-order valence-corrected chi connectivity index (χ1v) is 7.79. The van der Waals surface area contributed by atoms with Crippen LogP contribution in [0.1, 0.15) is 21.7 Å². The van der Waals surface area contributed by atoms with Crippen molar-refractivity contribution in [3.05, 3.63) is 89.8 Å². The van der Waals surface area contributed by atoms with Crippen molar-refractivity contribution < 1.29 is 13.9 Å². The third-order valence-corrected chi connectivity index (χ3v) is 3.72. The highest BCUT2D eigenvalue weighted by molar-refractivity contribution is 6.06. The summed E-state index contributed by atoms with van der Waals surface area (Å²) in [6.45, 7) is 0.362. The Morgan fingerprint density at radius 2 is 1.88 bits per heavy atom. The highest BCUT2D eigenvalue weighted by atomic mass is 19.1. The molecule has 2 aromatic carbocycles. The van der Waals surface area contributed by atoms with Crippen LogP contribution in [0.25, 0.3) is 6.08 Å². The maximum Gasteiger partial charge on any atom is 0.185 e. The lowest BCUT2D eigenvalue weighted by atomic mass is 10.1. The van der Waals surface area contributed by atoms with Crippen molar-refractivity contribution in [1.29, 1.82) is 0 Å². The molecule has 1 aromatic heterocycles. The molecule has 5 heteroatoms. The topological polar surface area (TPSA) is 44.1 Å². The molecule has 0 N–H and O–H groups in total. The van der Waals surface area contributed by atoms with E-state index in [-0.39, 0.29) is 11.6 Å². The highest BCUT2D eigenvalue weighted by Crippen LogP contribution is 2.15. The number of hydrogen-bond acceptors (Lipinski definition) is 3. The number of aromatic nitrogens is 2. The SMILES string of the molecule is Cn1ccnc1COc1ccc(C(=O)/C=C/c2ccc(F)cc2)cc1. The van der Waals surface area contributed by atoms with E-state index in [9.17, 15) is 9.18 Å². The average Bonchev–Trinajstić information content (AvgIpc) is 3.04. The van der Waals surface area contributed by atoms with Crippen LogP contribution >= 0.6 is 0 Å². The van der Waals surface area contributed by atoms with Crippen LogP contribution in [0.3, 0.4) is 0 Å². The van der Waals surface area contributed by atoms with Gasteiger partial charge in [-0.3, -0.25) is 4.79 Å². The Morgan fingerprint density at radius 1 is 1.16 bits per heavy atom. The maximum absolute atomic E-state index is 12.9. The molecule has 0 bridgehead atoms. The minimum Gasteiger partial charge on any atom is -0.486 e. The number of nitrogens with zero attached hydrogens (tertiary/aromatic N) is 2. The number of rotatable bonds is 6. The lowest BCUT2D eigenvalue weighted by Crippen LogP contribution is -2.03. The number of aryl methyl sites for hydroxylation is 1. The van der Waals surface area contributed by atoms with Crippen molar-refractivity contribution in [2.75, 3.05) is 0 Å². The third kappa shape index (κ3) is 4.41. The normalized spacial score (nSPS) is 11.0. The van der Waals surface area contributed by atoms with Crippen LogP contribution in [-0.2, 0) is 13.7 Å². The van der Waals surface area contributed by atoms with Gasteiger partial charge in [-0.05, 0) is 48.0 Å². The van der Waals surface area contributed by atoms with Gasteiger partial charge in [0.05, 0.1) is 0 Å². The molecule has 0 aliphatic heterocycles. The van der Waals surface area contributed by atoms with Gasteiger partial charge in [0.25, 0.3) is 0 Å². The highest BCUT2D eigenvalue weighted by Gasteiger charge is 2.04. The van der Waals surface area contributed by atoms with Gasteiger partial charge in [0.1, 0.15) is 24.0 Å². The molecule has 0 aliphatic carbocycles. The van der Waals surface area contributed by atoms with E-state index in [4.69, 9.17) is 4.74 Å². The Kier molecular flexibility index (Phi) is 5.04. The molecule has 3 rings (SSSR count). The Bertz CT molecular complexity index is 881. The molecule has 0 unspecified atom stereocenters. The van der Waals surface area contributed by atoms with E-state index in [1.165, 1.54) is 18.2 Å². The van der Waals surface area contributed by atoms with Crippen LogP contribution in [0.5, 0.6) is 5.75 Å². The molecule has 1 heterocycles. The monoisotopic (exact) mass is 336 g/mol. The molecule has 0 saturated heterocycles. The number of ether oxygens (including phenoxy) is 1. The van der Waals surface area contributed by atoms with Gasteiger partial charge in [-0.15, -0.1) is 0 Å². The second kappa shape index (κ2) is 7.57. The summed E-state index contributed by atoms with van der Waals surface area (Å²) in [7, 11) is 1.90. The molecule has 4 nitrogen and oxygen atoms in total. The average molecular weight is 336 g/mol. The molecular weight excluding hydrogens is 319 g/mol. The number of allylic oxidation sites excluding steroid dienone is 1. The molecular formula is C20H17FN2O2. The Morgan fingerprint density at radius 3 is 2.52 bits per heavy atom. The molecule has 0 fully saturated rings. The lowest BCUT2D eigenvalue weighted by molar-refractivity contribution is 0.104. The van der Waals surface area contributed by atoms with Crippen molar-refractivity contribution in [2.45, 2.75) is 6.61 Å². The standard InChI is InChI=1S/C20H17FN2O2/c1-23-13-12-22-20(23)14-25-18-9-5-16(6-10-18)19(24)11-4-15-2-7-17(21)8-3-15/h2-13H,14H2,1H3/b11-4+. The predicted molar refractivity (Wildman–Crippen MR) is 93.7 cm³/mol. The van der Waals surface area contributed by atoms with Crippen LogP contribution < -0.4 is 4.74 Å². The van der Waals surface area contributed by atoms with Crippen LogP contribution in [0, 0.1) is 5.82 Å². The molecule has 0 aliphatic rings. The van der Waals surface area contributed by atoms with E-state index >= 15 is 0 Å². The number of benzene rings is 2. The fraction of sp³-hybridized carbons (Fsp3) is 0.100. The number of ketones is 1. The number of carbonyl (C=O) groups excluding carboxylic acids is 1. The summed E-state index contributed by atoms with van der Waals surface area (Å²) in [5.41, 5.74) is 1.33. The smallest absolute Gasteiger partial charge is 0.185 e. The quantitative estimate of drug-likeness (QED) is 0.504. The first-order chi connectivity index (χ1) is 12.1. The fourth-order valence-electron chi connectivity index (χ4n) is 2.24. The zero-order valence-corrected chi connectivity index (χ0v) is 13.7. The summed E-state index contributed by atoms with van der Waals surface area (Å²) < 4.78 is 20.4. The largest absolute Gasteiger partial charge is 0.486 e. The molecule has 0 atom stereocenters. The molecule has 25 heavy (non-hydrogen) atoms. The zero-order valence-electron chi connectivity index (χ0n) is 13.7. The van der Waals surface area contributed by atoms with Crippen LogP contribution in [0.15, 0.2) is 67.0 Å². The van der Waals surface area contributed by atoms with Gasteiger partial charge in [-0.1, -0.05) is 18.2 Å². The number of halogens is 1. The first-order valence-electron chi connectivity index (χ1n) is 7.79. The van der Waals surface area contributed by atoms with Gasteiger partial charge in [0, 0.05) is 25.0 Å². The third-order valence-electron chi connectivity index (χ3n) is 3.72. The van der Waals surface area contributed by atoms with E-state index in [1.807, 2.05) is 17.8 Å². The fourth-order valence-corrected chi connectivity index (χ4v) is 2.24. The minimum atomic E-state index is -0.301. The van der Waals surface area contributed by atoms with E-state index in [2.05, 4.69) is 4.98 Å². The van der Waals surface area contributed by atoms with E-state index in [0.29, 0.717) is 17.9 Å². The predicted octanol–water partition coefficient (Wildman–Crippen LogP) is 4.03. The first kappa shape index (κ1) is 16.6. The Hall–Kier alpha value is -3.21. The van der Waals surface area contributed by atoms with Crippen molar-refractivity contribution >= 4 is 11.9 Å². The van der Waals surface area contributed by atoms with Gasteiger partial charge in [0.2, 0.25) is 0 Å². The van der Waals surface area contributed by atoms with Gasteiger partial charge in [0.15, 0.2) is 5.78 Å². The molecule has 0 spiro atoms. The lowest BCUT2D eigenvalue weighted by Gasteiger charge is -2.06. The summed E-state index contributed by atoms with van der Waals surface area (Å²) >= 11 is 0. The Labute approximate surface area is 145 Å². The van der Waals surface area contributed by atoms with Gasteiger partial charge >= 0.3 is 0 Å². The van der Waals surface area contributed by atoms with Crippen molar-refractivity contribution in [2.24, 2.45) is 7.05 Å². The molecule has 126 valence electrons. The van der Waals surface area contributed by atoms with Crippen LogP contribution in [-0.4, -0.2) is 15.3 Å². The van der Waals surface area contributed by atoms with Crippen molar-refractivity contribution in [3.8, 4) is 5.75 Å². The molecule has 0 saturated carbocycles. The van der Waals surface area contributed by atoms with Crippen LogP contribution in [0.4, 0.5) is 4.39 Å². The van der Waals surface area contributed by atoms with Crippen LogP contribution in [0.2, 0.25) is 0 Å².